The molecule has 3 aliphatic heterocycles. The molecule has 48 heavy (non-hydrogen) atoms. The molecule has 0 unspecified atom stereocenters. The van der Waals surface area contributed by atoms with Crippen LogP contribution in [-0.4, -0.2) is 61.0 Å². The number of fused-ring (bicyclic) bond motifs is 5. The van der Waals surface area contributed by atoms with Gasteiger partial charge in [-0.05, 0) is 79.6 Å². The lowest BCUT2D eigenvalue weighted by Gasteiger charge is -2.51. The second kappa shape index (κ2) is 11.7. The Kier molecular flexibility index (Phi) is 7.90. The number of anilines is 1. The molecule has 7 rings (SSSR count). The number of carbonyl (C=O) groups excluding carboxylic acids is 4. The molecule has 13 heteroatoms. The minimum Gasteiger partial charge on any atom is -0.508 e. The van der Waals surface area contributed by atoms with Crippen molar-refractivity contribution in [2.45, 2.75) is 54.7 Å². The summed E-state index contributed by atoms with van der Waals surface area (Å²) in [7, 11) is 0. The highest BCUT2D eigenvalue weighted by Crippen LogP contribution is 2.65. The number of carboxylic acid groups (broad SMARTS) is 1. The summed E-state index contributed by atoms with van der Waals surface area (Å²) in [6.45, 7) is 0.135. The van der Waals surface area contributed by atoms with Crippen molar-refractivity contribution in [3.05, 3.63) is 77.3 Å². The maximum atomic E-state index is 14.5. The quantitative estimate of drug-likeness (QED) is 0.168. The topological polar surface area (TPSA) is 142 Å². The van der Waals surface area contributed by atoms with E-state index in [0.717, 1.165) is 17.0 Å². The van der Waals surface area contributed by atoms with Crippen LogP contribution in [0.5, 0.6) is 11.5 Å². The molecule has 3 fully saturated rings. The first-order chi connectivity index (χ1) is 22.9. The Morgan fingerprint density at radius 3 is 2.46 bits per heavy atom. The number of aliphatic carboxylic acids is 1. The molecule has 250 valence electrons. The van der Waals surface area contributed by atoms with Gasteiger partial charge in [0.1, 0.15) is 17.3 Å². The zero-order valence-electron chi connectivity index (χ0n) is 25.5. The molecule has 2 aromatic carbocycles. The summed E-state index contributed by atoms with van der Waals surface area (Å²) in [5.41, 5.74) is 1.79. The Morgan fingerprint density at radius 1 is 0.979 bits per heavy atom. The van der Waals surface area contributed by atoms with Gasteiger partial charge in [0.2, 0.25) is 11.8 Å². The molecule has 0 aromatic heterocycles. The highest BCUT2D eigenvalue weighted by molar-refractivity contribution is 6.58. The summed E-state index contributed by atoms with van der Waals surface area (Å²) >= 11 is 14.8. The van der Waals surface area contributed by atoms with Crippen LogP contribution >= 0.6 is 23.2 Å². The number of alkyl halides is 2. The number of aromatic hydroxyl groups is 1. The lowest BCUT2D eigenvalue weighted by Crippen LogP contribution is -2.61. The normalized spacial score (nSPS) is 30.6. The third kappa shape index (κ3) is 4.76. The minimum atomic E-state index is -2.09. The highest BCUT2D eigenvalue weighted by Gasteiger charge is 2.77. The summed E-state index contributed by atoms with van der Waals surface area (Å²) in [5.74, 6) is -6.70. The van der Waals surface area contributed by atoms with Gasteiger partial charge in [-0.2, -0.15) is 0 Å². The van der Waals surface area contributed by atoms with E-state index < -0.39 is 62.9 Å². The molecule has 2 saturated heterocycles. The van der Waals surface area contributed by atoms with Gasteiger partial charge in [0.05, 0.1) is 23.8 Å². The number of amides is 4. The summed E-state index contributed by atoms with van der Waals surface area (Å²) in [5, 5.41) is 19.1. The van der Waals surface area contributed by atoms with Crippen LogP contribution in [0.15, 0.2) is 65.9 Å². The van der Waals surface area contributed by atoms with Gasteiger partial charge in [0, 0.05) is 30.9 Å². The van der Waals surface area contributed by atoms with Crippen molar-refractivity contribution < 1.29 is 43.3 Å². The number of carbonyl (C=O) groups is 5. The number of halogens is 3. The number of ether oxygens (including phenoxy) is 1. The van der Waals surface area contributed by atoms with Crippen molar-refractivity contribution in [2.75, 3.05) is 11.4 Å². The molecular weight excluding hydrogens is 666 g/mol. The van der Waals surface area contributed by atoms with Gasteiger partial charge >= 0.3 is 5.97 Å². The summed E-state index contributed by atoms with van der Waals surface area (Å²) in [4.78, 5) is 65.3. The zero-order valence-corrected chi connectivity index (χ0v) is 27.0. The van der Waals surface area contributed by atoms with Crippen LogP contribution in [-0.2, 0) is 30.4 Å². The maximum absolute atomic E-state index is 14.5. The standard InChI is InChI=1S/C35H31Cl2FN2O8/c36-34-16-25-23(10-11-24-28(25)31(45)39(30(24)44)13-3-1-2-4-27(42)43)29(19-14-18-15-22(41)9-12-26(18)48-17-19)35(34,37)33(47)40(32(34)46)21-7-5-20(38)6-8-21/h5-10,12,15,17,24-25,28-29,41H,1-4,11,13-14,16H2,(H,42,43)/t24-,25+,28-,29-,34+,35-/m0/s1. The first kappa shape index (κ1) is 32.3. The van der Waals surface area contributed by atoms with Gasteiger partial charge < -0.3 is 14.9 Å². The number of carboxylic acids is 1. The fourth-order valence-corrected chi connectivity index (χ4v) is 9.17. The molecule has 4 amide bonds. The average Bonchev–Trinajstić information content (AvgIpc) is 3.38. The van der Waals surface area contributed by atoms with Gasteiger partial charge in [-0.25, -0.2) is 9.29 Å². The Hall–Kier alpha value is -4.22. The molecule has 2 N–H and O–H groups in total. The second-order valence-corrected chi connectivity index (χ2v) is 14.3. The second-order valence-electron chi connectivity index (χ2n) is 13.1. The van der Waals surface area contributed by atoms with E-state index in [1.54, 1.807) is 6.07 Å². The van der Waals surface area contributed by atoms with Crippen molar-refractivity contribution in [1.82, 2.24) is 4.90 Å². The fraction of sp³-hybridized carbons (Fsp3) is 0.400. The smallest absolute Gasteiger partial charge is 0.303 e. The SMILES string of the molecule is O=C(O)CCCCCN1C(=O)[C@H]2[C@H](CC=C3[C@H](C4=COc5ccc(O)cc5C4)[C@]4(Cl)C(=O)N(c5ccc(F)cc5)C(=O)[C@]4(Cl)C[C@H]32)C1=O. The molecule has 0 bridgehead atoms. The number of likely N-dealkylation sites (tertiary alicyclic amines) is 1. The maximum Gasteiger partial charge on any atom is 0.303 e. The summed E-state index contributed by atoms with van der Waals surface area (Å²) in [6, 6.07) is 9.42. The van der Waals surface area contributed by atoms with E-state index >= 15 is 0 Å². The Morgan fingerprint density at radius 2 is 1.73 bits per heavy atom. The number of hydrogen-bond donors (Lipinski definition) is 2. The predicted octanol–water partition coefficient (Wildman–Crippen LogP) is 5.09. The fourth-order valence-electron chi connectivity index (χ4n) is 8.22. The Balaban J connectivity index is 1.29. The Labute approximate surface area is 284 Å². The molecule has 2 aromatic rings. The van der Waals surface area contributed by atoms with E-state index in [1.165, 1.54) is 35.4 Å². The van der Waals surface area contributed by atoms with Crippen LogP contribution in [0.4, 0.5) is 10.1 Å². The first-order valence-electron chi connectivity index (χ1n) is 15.8. The average molecular weight is 698 g/mol. The van der Waals surface area contributed by atoms with Crippen molar-refractivity contribution in [3.8, 4) is 11.5 Å². The molecule has 0 spiro atoms. The molecule has 10 nitrogen and oxygen atoms in total. The van der Waals surface area contributed by atoms with Gasteiger partial charge in [-0.3, -0.25) is 28.9 Å². The number of phenols is 1. The van der Waals surface area contributed by atoms with E-state index in [1.807, 2.05) is 6.08 Å². The number of phenolic OH excluding ortho intramolecular Hbond substituents is 1. The van der Waals surface area contributed by atoms with Gasteiger partial charge in [0.15, 0.2) is 9.75 Å². The first-order valence-corrected chi connectivity index (χ1v) is 16.6. The minimum absolute atomic E-state index is 0.000145. The third-order valence-electron chi connectivity index (χ3n) is 10.4. The summed E-state index contributed by atoms with van der Waals surface area (Å²) < 4.78 is 19.8. The number of allylic oxidation sites excluding steroid dienone is 3. The van der Waals surface area contributed by atoms with Crippen molar-refractivity contribution in [2.24, 2.45) is 23.7 Å². The van der Waals surface area contributed by atoms with Crippen LogP contribution in [0.1, 0.15) is 44.1 Å². The molecular formula is C35H31Cl2FN2O8. The zero-order chi connectivity index (χ0) is 34.1. The molecule has 1 saturated carbocycles. The van der Waals surface area contributed by atoms with Crippen molar-refractivity contribution in [3.63, 3.8) is 0 Å². The van der Waals surface area contributed by atoms with E-state index in [2.05, 4.69) is 0 Å². The highest BCUT2D eigenvalue weighted by atomic mass is 35.5. The molecule has 3 heterocycles. The monoisotopic (exact) mass is 696 g/mol. The van der Waals surface area contributed by atoms with E-state index in [9.17, 15) is 33.5 Å². The molecule has 5 aliphatic rings. The van der Waals surface area contributed by atoms with E-state index in [0.29, 0.717) is 41.7 Å². The number of imide groups is 2. The lowest BCUT2D eigenvalue weighted by molar-refractivity contribution is -0.141. The number of nitrogens with zero attached hydrogens (tertiary/aromatic N) is 2. The Bertz CT molecular complexity index is 1830. The third-order valence-corrected chi connectivity index (χ3v) is 11.8. The van der Waals surface area contributed by atoms with Gasteiger partial charge in [-0.15, -0.1) is 23.2 Å². The molecule has 6 atom stereocenters. The van der Waals surface area contributed by atoms with E-state index in [-0.39, 0.29) is 49.6 Å². The molecule has 2 aliphatic carbocycles. The van der Waals surface area contributed by atoms with Crippen LogP contribution < -0.4 is 9.64 Å². The van der Waals surface area contributed by atoms with E-state index in [4.69, 9.17) is 33.0 Å². The predicted molar refractivity (Wildman–Crippen MR) is 171 cm³/mol. The van der Waals surface area contributed by atoms with Crippen LogP contribution in [0, 0.1) is 29.5 Å². The number of rotatable bonds is 8. The molecule has 0 radical (unpaired) electrons. The summed E-state index contributed by atoms with van der Waals surface area (Å²) in [6.07, 6.45) is 4.84. The van der Waals surface area contributed by atoms with Crippen molar-refractivity contribution in [1.29, 1.82) is 0 Å². The van der Waals surface area contributed by atoms with Gasteiger partial charge in [-0.1, -0.05) is 18.1 Å². The number of hydrogen-bond acceptors (Lipinski definition) is 7. The van der Waals surface area contributed by atoms with Crippen LogP contribution in [0.3, 0.4) is 0 Å². The largest absolute Gasteiger partial charge is 0.508 e. The van der Waals surface area contributed by atoms with Gasteiger partial charge in [0.25, 0.3) is 11.8 Å². The van der Waals surface area contributed by atoms with Crippen molar-refractivity contribution >= 4 is 58.5 Å². The van der Waals surface area contributed by atoms with Crippen LogP contribution in [0.2, 0.25) is 0 Å². The number of benzene rings is 2. The number of unbranched alkanes of at least 4 members (excludes halogenated alkanes) is 2. The lowest BCUT2D eigenvalue weighted by atomic mass is 9.56. The van der Waals surface area contributed by atoms with Crippen LogP contribution in [0.25, 0.3) is 0 Å².